The first kappa shape index (κ1) is 9.05. The number of ether oxygens (including phenoxy) is 1. The molecule has 0 spiro atoms. The zero-order valence-electron chi connectivity index (χ0n) is 8.13. The van der Waals surface area contributed by atoms with Crippen molar-refractivity contribution in [2.24, 2.45) is 17.8 Å². The molecule has 4 atom stereocenters. The molecule has 4 unspecified atom stereocenters. The molecule has 0 aromatic carbocycles. The van der Waals surface area contributed by atoms with Crippen LogP contribution in [0.25, 0.3) is 0 Å². The second-order valence-corrected chi connectivity index (χ2v) is 4.18. The second kappa shape index (κ2) is 3.57. The van der Waals surface area contributed by atoms with Crippen LogP contribution in [0.4, 0.5) is 0 Å². The van der Waals surface area contributed by atoms with Crippen molar-refractivity contribution in [2.75, 3.05) is 7.11 Å². The van der Waals surface area contributed by atoms with Gasteiger partial charge in [0, 0.05) is 7.11 Å². The average molecular weight is 156 g/mol. The minimum atomic E-state index is 0.515. The Morgan fingerprint density at radius 2 is 1.45 bits per heavy atom. The fraction of sp³-hybridized carbons (Fsp3) is 1.00. The van der Waals surface area contributed by atoms with Crippen LogP contribution in [-0.2, 0) is 4.74 Å². The summed E-state index contributed by atoms with van der Waals surface area (Å²) in [6.07, 6.45) is 3.10. The van der Waals surface area contributed by atoms with Gasteiger partial charge in [0.15, 0.2) is 0 Å². The van der Waals surface area contributed by atoms with E-state index >= 15 is 0 Å². The molecular weight excluding hydrogens is 136 g/mol. The summed E-state index contributed by atoms with van der Waals surface area (Å²) in [5, 5.41) is 0. The summed E-state index contributed by atoms with van der Waals surface area (Å²) in [5.41, 5.74) is 0. The highest BCUT2D eigenvalue weighted by atomic mass is 16.5. The van der Waals surface area contributed by atoms with Gasteiger partial charge < -0.3 is 4.74 Å². The van der Waals surface area contributed by atoms with Crippen LogP contribution in [0.1, 0.15) is 33.6 Å². The monoisotopic (exact) mass is 156 g/mol. The van der Waals surface area contributed by atoms with Gasteiger partial charge in [-0.3, -0.25) is 0 Å². The first-order valence-electron chi connectivity index (χ1n) is 4.68. The van der Waals surface area contributed by atoms with Gasteiger partial charge in [-0.1, -0.05) is 20.8 Å². The molecule has 1 aliphatic carbocycles. The number of hydrogen-bond acceptors (Lipinski definition) is 1. The summed E-state index contributed by atoms with van der Waals surface area (Å²) in [4.78, 5) is 0. The van der Waals surface area contributed by atoms with Gasteiger partial charge in [-0.25, -0.2) is 0 Å². The van der Waals surface area contributed by atoms with Gasteiger partial charge in [0.05, 0.1) is 6.10 Å². The Morgan fingerprint density at radius 3 is 2.00 bits per heavy atom. The molecule has 0 bridgehead atoms. The van der Waals surface area contributed by atoms with Crippen LogP contribution < -0.4 is 0 Å². The third kappa shape index (κ3) is 1.96. The molecule has 0 N–H and O–H groups in total. The van der Waals surface area contributed by atoms with Gasteiger partial charge in [0.25, 0.3) is 0 Å². The van der Waals surface area contributed by atoms with E-state index in [-0.39, 0.29) is 0 Å². The molecule has 0 aromatic rings. The minimum Gasteiger partial charge on any atom is -0.381 e. The second-order valence-electron chi connectivity index (χ2n) is 4.18. The molecule has 1 rings (SSSR count). The van der Waals surface area contributed by atoms with Gasteiger partial charge in [-0.2, -0.15) is 0 Å². The average Bonchev–Trinajstić information content (AvgIpc) is 1.97. The highest BCUT2D eigenvalue weighted by Crippen LogP contribution is 2.34. The quantitative estimate of drug-likeness (QED) is 0.567. The van der Waals surface area contributed by atoms with Gasteiger partial charge in [-0.05, 0) is 30.6 Å². The van der Waals surface area contributed by atoms with Crippen LogP contribution in [0, 0.1) is 17.8 Å². The zero-order valence-corrected chi connectivity index (χ0v) is 8.13. The molecule has 0 aliphatic heterocycles. The van der Waals surface area contributed by atoms with Crippen LogP contribution in [0.5, 0.6) is 0 Å². The number of rotatable bonds is 1. The molecule has 66 valence electrons. The summed E-state index contributed by atoms with van der Waals surface area (Å²) in [5.74, 6) is 2.48. The standard InChI is InChI=1S/C10H20O/c1-7-5-9(3)10(11-4)6-8(7)2/h7-10H,5-6H2,1-4H3. The van der Waals surface area contributed by atoms with Gasteiger partial charge >= 0.3 is 0 Å². The molecule has 1 aliphatic rings. The van der Waals surface area contributed by atoms with E-state index in [0.29, 0.717) is 6.10 Å². The summed E-state index contributed by atoms with van der Waals surface area (Å²) in [7, 11) is 1.84. The van der Waals surface area contributed by atoms with E-state index in [1.54, 1.807) is 0 Å². The maximum absolute atomic E-state index is 5.42. The molecule has 0 heterocycles. The van der Waals surface area contributed by atoms with Crippen molar-refractivity contribution in [3.8, 4) is 0 Å². The van der Waals surface area contributed by atoms with Gasteiger partial charge in [-0.15, -0.1) is 0 Å². The largest absolute Gasteiger partial charge is 0.381 e. The Balaban J connectivity index is 2.48. The molecule has 0 aromatic heterocycles. The molecule has 0 amide bonds. The van der Waals surface area contributed by atoms with Crippen molar-refractivity contribution >= 4 is 0 Å². The Bertz CT molecular complexity index is 122. The third-order valence-corrected chi connectivity index (χ3v) is 3.26. The first-order valence-corrected chi connectivity index (χ1v) is 4.68. The molecule has 1 heteroatoms. The van der Waals surface area contributed by atoms with Gasteiger partial charge in [0.1, 0.15) is 0 Å². The van der Waals surface area contributed by atoms with Crippen LogP contribution in [-0.4, -0.2) is 13.2 Å². The fourth-order valence-electron chi connectivity index (χ4n) is 2.13. The highest BCUT2D eigenvalue weighted by molar-refractivity contribution is 4.80. The number of methoxy groups -OCH3 is 1. The summed E-state index contributed by atoms with van der Waals surface area (Å²) in [6.45, 7) is 6.99. The molecule has 0 saturated heterocycles. The van der Waals surface area contributed by atoms with E-state index in [0.717, 1.165) is 17.8 Å². The fourth-order valence-corrected chi connectivity index (χ4v) is 2.13. The maximum Gasteiger partial charge on any atom is 0.0599 e. The Morgan fingerprint density at radius 1 is 0.909 bits per heavy atom. The van der Waals surface area contributed by atoms with E-state index in [2.05, 4.69) is 20.8 Å². The Kier molecular flexibility index (Phi) is 2.94. The molecule has 1 fully saturated rings. The lowest BCUT2D eigenvalue weighted by atomic mass is 9.75. The lowest BCUT2D eigenvalue weighted by Gasteiger charge is -2.36. The van der Waals surface area contributed by atoms with Crippen molar-refractivity contribution in [3.63, 3.8) is 0 Å². The highest BCUT2D eigenvalue weighted by Gasteiger charge is 2.29. The van der Waals surface area contributed by atoms with E-state index in [1.165, 1.54) is 12.8 Å². The van der Waals surface area contributed by atoms with Crippen molar-refractivity contribution in [1.82, 2.24) is 0 Å². The Labute approximate surface area is 70.1 Å². The number of hydrogen-bond donors (Lipinski definition) is 0. The van der Waals surface area contributed by atoms with Crippen LogP contribution in [0.3, 0.4) is 0 Å². The zero-order chi connectivity index (χ0) is 8.43. The smallest absolute Gasteiger partial charge is 0.0599 e. The first-order chi connectivity index (χ1) is 5.15. The van der Waals surface area contributed by atoms with Crippen molar-refractivity contribution in [2.45, 2.75) is 39.7 Å². The molecule has 1 nitrogen and oxygen atoms in total. The summed E-state index contributed by atoms with van der Waals surface area (Å²) in [6, 6.07) is 0. The van der Waals surface area contributed by atoms with E-state index in [4.69, 9.17) is 4.74 Å². The summed E-state index contributed by atoms with van der Waals surface area (Å²) < 4.78 is 5.42. The van der Waals surface area contributed by atoms with E-state index in [9.17, 15) is 0 Å². The predicted octanol–water partition coefficient (Wildman–Crippen LogP) is 2.70. The molecule has 11 heavy (non-hydrogen) atoms. The third-order valence-electron chi connectivity index (χ3n) is 3.26. The van der Waals surface area contributed by atoms with Crippen molar-refractivity contribution < 1.29 is 4.74 Å². The lowest BCUT2D eigenvalue weighted by molar-refractivity contribution is -0.00333. The van der Waals surface area contributed by atoms with Crippen molar-refractivity contribution in [3.05, 3.63) is 0 Å². The molecule has 0 radical (unpaired) electrons. The van der Waals surface area contributed by atoms with Crippen LogP contribution in [0.15, 0.2) is 0 Å². The normalized spacial score (nSPS) is 45.8. The minimum absolute atomic E-state index is 0.515. The Hall–Kier alpha value is -0.0400. The van der Waals surface area contributed by atoms with Crippen molar-refractivity contribution in [1.29, 1.82) is 0 Å². The van der Waals surface area contributed by atoms with Gasteiger partial charge in [0.2, 0.25) is 0 Å². The molecule has 1 saturated carbocycles. The van der Waals surface area contributed by atoms with Crippen LogP contribution >= 0.6 is 0 Å². The van der Waals surface area contributed by atoms with E-state index in [1.807, 2.05) is 7.11 Å². The SMILES string of the molecule is COC1CC(C)C(C)CC1C. The topological polar surface area (TPSA) is 9.23 Å². The molecular formula is C10H20O. The predicted molar refractivity (Wildman–Crippen MR) is 47.5 cm³/mol. The summed E-state index contributed by atoms with van der Waals surface area (Å²) >= 11 is 0. The lowest BCUT2D eigenvalue weighted by Crippen LogP contribution is -2.32. The maximum atomic E-state index is 5.42. The van der Waals surface area contributed by atoms with E-state index < -0.39 is 0 Å². The van der Waals surface area contributed by atoms with Crippen LogP contribution in [0.2, 0.25) is 0 Å².